The van der Waals surface area contributed by atoms with Crippen LogP contribution in [0.1, 0.15) is 13.8 Å². The SMILES string of the molecule is CC(C)C(=O)Nc1c(N)cccc1Cl. The molecule has 0 radical (unpaired) electrons. The van der Waals surface area contributed by atoms with Gasteiger partial charge in [0.15, 0.2) is 0 Å². The van der Waals surface area contributed by atoms with Gasteiger partial charge < -0.3 is 11.1 Å². The predicted molar refractivity (Wildman–Crippen MR) is 59.3 cm³/mol. The van der Waals surface area contributed by atoms with Crippen LogP contribution < -0.4 is 11.1 Å². The Balaban J connectivity index is 2.91. The van der Waals surface area contributed by atoms with Crippen LogP contribution in [0.2, 0.25) is 5.02 Å². The summed E-state index contributed by atoms with van der Waals surface area (Å²) in [5, 5.41) is 3.14. The minimum absolute atomic E-state index is 0.0920. The molecule has 3 N–H and O–H groups in total. The molecule has 0 atom stereocenters. The molecule has 0 unspecified atom stereocenters. The lowest BCUT2D eigenvalue weighted by Gasteiger charge is -2.11. The van der Waals surface area contributed by atoms with Gasteiger partial charge in [-0.1, -0.05) is 31.5 Å². The zero-order chi connectivity index (χ0) is 10.7. The molecule has 1 rings (SSSR count). The average molecular weight is 213 g/mol. The highest BCUT2D eigenvalue weighted by molar-refractivity contribution is 6.34. The van der Waals surface area contributed by atoms with Crippen LogP contribution in [-0.4, -0.2) is 5.91 Å². The monoisotopic (exact) mass is 212 g/mol. The summed E-state index contributed by atoms with van der Waals surface area (Å²) in [4.78, 5) is 11.4. The Morgan fingerprint density at radius 3 is 2.64 bits per heavy atom. The number of carbonyl (C=O) groups is 1. The number of rotatable bonds is 2. The second kappa shape index (κ2) is 4.33. The topological polar surface area (TPSA) is 55.1 Å². The summed E-state index contributed by atoms with van der Waals surface area (Å²) in [6.45, 7) is 3.62. The summed E-state index contributed by atoms with van der Waals surface area (Å²) in [5.74, 6) is -0.185. The number of nitrogens with two attached hydrogens (primary N) is 1. The number of para-hydroxylation sites is 1. The first-order chi connectivity index (χ1) is 6.52. The molecule has 1 aromatic rings. The molecule has 0 aliphatic carbocycles. The molecule has 0 aliphatic heterocycles. The maximum absolute atomic E-state index is 11.4. The zero-order valence-electron chi connectivity index (χ0n) is 8.17. The molecule has 1 aromatic carbocycles. The molecule has 3 nitrogen and oxygen atoms in total. The van der Waals surface area contributed by atoms with Gasteiger partial charge >= 0.3 is 0 Å². The van der Waals surface area contributed by atoms with Gasteiger partial charge in [-0.3, -0.25) is 4.79 Å². The van der Waals surface area contributed by atoms with Crippen molar-refractivity contribution in [1.29, 1.82) is 0 Å². The summed E-state index contributed by atoms with van der Waals surface area (Å²) in [5.41, 5.74) is 6.64. The largest absolute Gasteiger partial charge is 0.397 e. The third-order valence-corrected chi connectivity index (χ3v) is 2.13. The number of nitrogens with one attached hydrogen (secondary N) is 1. The van der Waals surface area contributed by atoms with E-state index in [4.69, 9.17) is 17.3 Å². The van der Waals surface area contributed by atoms with Crippen molar-refractivity contribution in [2.24, 2.45) is 5.92 Å². The van der Waals surface area contributed by atoms with E-state index in [0.717, 1.165) is 0 Å². The molecule has 0 aliphatic rings. The molecular weight excluding hydrogens is 200 g/mol. The van der Waals surface area contributed by atoms with Crippen molar-refractivity contribution in [2.75, 3.05) is 11.1 Å². The van der Waals surface area contributed by atoms with Crippen molar-refractivity contribution < 1.29 is 4.79 Å². The second-order valence-electron chi connectivity index (χ2n) is 3.35. The van der Waals surface area contributed by atoms with Crippen molar-refractivity contribution in [3.63, 3.8) is 0 Å². The summed E-state index contributed by atoms with van der Waals surface area (Å²) in [6.07, 6.45) is 0. The minimum atomic E-state index is -0.0928. The number of benzene rings is 1. The Morgan fingerprint density at radius 1 is 1.50 bits per heavy atom. The van der Waals surface area contributed by atoms with Crippen molar-refractivity contribution in [3.8, 4) is 0 Å². The minimum Gasteiger partial charge on any atom is -0.397 e. The van der Waals surface area contributed by atoms with Crippen LogP contribution in [0.3, 0.4) is 0 Å². The molecule has 0 heterocycles. The van der Waals surface area contributed by atoms with E-state index < -0.39 is 0 Å². The fraction of sp³-hybridized carbons (Fsp3) is 0.300. The Kier molecular flexibility index (Phi) is 3.36. The molecule has 4 heteroatoms. The lowest BCUT2D eigenvalue weighted by molar-refractivity contribution is -0.118. The van der Waals surface area contributed by atoms with E-state index in [9.17, 15) is 4.79 Å². The van der Waals surface area contributed by atoms with Gasteiger partial charge in [0, 0.05) is 5.92 Å². The predicted octanol–water partition coefficient (Wildman–Crippen LogP) is 2.52. The Hall–Kier alpha value is -1.22. The number of nitrogen functional groups attached to an aromatic ring is 1. The Bertz CT molecular complexity index is 330. The normalized spacial score (nSPS) is 10.3. The van der Waals surface area contributed by atoms with Crippen LogP contribution in [0.4, 0.5) is 11.4 Å². The number of hydrogen-bond donors (Lipinski definition) is 2. The van der Waals surface area contributed by atoms with Crippen molar-refractivity contribution in [3.05, 3.63) is 23.2 Å². The third-order valence-electron chi connectivity index (χ3n) is 1.82. The standard InChI is InChI=1S/C10H13ClN2O/c1-6(2)10(14)13-9-7(11)4-3-5-8(9)12/h3-6H,12H2,1-2H3,(H,13,14). The Labute approximate surface area is 88.2 Å². The molecule has 0 bridgehead atoms. The molecular formula is C10H13ClN2O. The van der Waals surface area contributed by atoms with Gasteiger partial charge in [0.05, 0.1) is 16.4 Å². The molecule has 76 valence electrons. The fourth-order valence-corrected chi connectivity index (χ4v) is 1.17. The quantitative estimate of drug-likeness (QED) is 0.741. The summed E-state index contributed by atoms with van der Waals surface area (Å²) < 4.78 is 0. The maximum Gasteiger partial charge on any atom is 0.227 e. The van der Waals surface area contributed by atoms with Crippen LogP contribution in [0.15, 0.2) is 18.2 Å². The molecule has 0 spiro atoms. The maximum atomic E-state index is 11.4. The van der Waals surface area contributed by atoms with E-state index in [1.807, 2.05) is 13.8 Å². The molecule has 14 heavy (non-hydrogen) atoms. The number of halogens is 1. The number of anilines is 2. The zero-order valence-corrected chi connectivity index (χ0v) is 8.93. The molecule has 0 fully saturated rings. The van der Waals surface area contributed by atoms with Crippen LogP contribution >= 0.6 is 11.6 Å². The highest BCUT2D eigenvalue weighted by Gasteiger charge is 2.11. The van der Waals surface area contributed by atoms with Crippen molar-refractivity contribution >= 4 is 28.9 Å². The van der Waals surface area contributed by atoms with E-state index >= 15 is 0 Å². The molecule has 1 amide bonds. The van der Waals surface area contributed by atoms with E-state index in [-0.39, 0.29) is 11.8 Å². The van der Waals surface area contributed by atoms with E-state index in [1.54, 1.807) is 18.2 Å². The Morgan fingerprint density at radius 2 is 2.14 bits per heavy atom. The number of amides is 1. The number of carbonyl (C=O) groups excluding carboxylic acids is 1. The van der Waals surface area contributed by atoms with Gasteiger partial charge in [0.1, 0.15) is 0 Å². The third kappa shape index (κ3) is 2.39. The van der Waals surface area contributed by atoms with E-state index in [1.165, 1.54) is 0 Å². The first-order valence-electron chi connectivity index (χ1n) is 4.37. The molecule has 0 saturated carbocycles. The lowest BCUT2D eigenvalue weighted by atomic mass is 10.2. The lowest BCUT2D eigenvalue weighted by Crippen LogP contribution is -2.18. The first-order valence-corrected chi connectivity index (χ1v) is 4.75. The summed E-state index contributed by atoms with van der Waals surface area (Å²) in [6, 6.07) is 5.12. The van der Waals surface area contributed by atoms with E-state index in [0.29, 0.717) is 16.4 Å². The highest BCUT2D eigenvalue weighted by atomic mass is 35.5. The van der Waals surface area contributed by atoms with Crippen LogP contribution in [-0.2, 0) is 4.79 Å². The average Bonchev–Trinajstić information content (AvgIpc) is 2.11. The van der Waals surface area contributed by atoms with Gasteiger partial charge in [-0.25, -0.2) is 0 Å². The molecule has 0 saturated heterocycles. The smallest absolute Gasteiger partial charge is 0.227 e. The van der Waals surface area contributed by atoms with Gasteiger partial charge in [0.2, 0.25) is 5.91 Å². The first kappa shape index (κ1) is 10.9. The van der Waals surface area contributed by atoms with Crippen molar-refractivity contribution in [1.82, 2.24) is 0 Å². The van der Waals surface area contributed by atoms with Gasteiger partial charge in [-0.2, -0.15) is 0 Å². The van der Waals surface area contributed by atoms with Gasteiger partial charge in [0.25, 0.3) is 0 Å². The molecule has 0 aromatic heterocycles. The second-order valence-corrected chi connectivity index (χ2v) is 3.76. The van der Waals surface area contributed by atoms with Crippen LogP contribution in [0.25, 0.3) is 0 Å². The van der Waals surface area contributed by atoms with E-state index in [2.05, 4.69) is 5.32 Å². The van der Waals surface area contributed by atoms with Gasteiger partial charge in [-0.15, -0.1) is 0 Å². The fourth-order valence-electron chi connectivity index (χ4n) is 0.940. The number of hydrogen-bond acceptors (Lipinski definition) is 2. The van der Waals surface area contributed by atoms with Crippen molar-refractivity contribution in [2.45, 2.75) is 13.8 Å². The highest BCUT2D eigenvalue weighted by Crippen LogP contribution is 2.28. The van der Waals surface area contributed by atoms with Crippen LogP contribution in [0, 0.1) is 5.92 Å². The summed E-state index contributed by atoms with van der Waals surface area (Å²) >= 11 is 5.88. The van der Waals surface area contributed by atoms with Gasteiger partial charge in [-0.05, 0) is 12.1 Å². The van der Waals surface area contributed by atoms with Crippen LogP contribution in [0.5, 0.6) is 0 Å². The summed E-state index contributed by atoms with van der Waals surface area (Å²) in [7, 11) is 0.